The number of rotatable bonds is 23. The number of carbonyl (C=O) groups excluding carboxylic acids is 2. The molecule has 4 nitrogen and oxygen atoms in total. The quantitative estimate of drug-likeness (QED) is 0.149. The van der Waals surface area contributed by atoms with Crippen molar-refractivity contribution < 1.29 is 9.59 Å². The maximum atomic E-state index is 12.5. The Hall–Kier alpha value is -1.06. The minimum Gasteiger partial charge on any atom is -0.343 e. The first-order valence-electron chi connectivity index (χ1n) is 14.2. The smallest absolute Gasteiger partial charge is 0.222 e. The number of hydrogen-bond acceptors (Lipinski definition) is 2. The van der Waals surface area contributed by atoms with E-state index < -0.39 is 0 Å². The summed E-state index contributed by atoms with van der Waals surface area (Å²) in [6.45, 7) is 12.5. The molecule has 0 saturated carbocycles. The predicted molar refractivity (Wildman–Crippen MR) is 139 cm³/mol. The van der Waals surface area contributed by atoms with Crippen LogP contribution in [-0.4, -0.2) is 47.8 Å². The van der Waals surface area contributed by atoms with Gasteiger partial charge in [-0.15, -0.1) is 0 Å². The number of unbranched alkanes of at least 4 members (excludes halogenated alkanes) is 11. The Morgan fingerprint density at radius 2 is 0.656 bits per heavy atom. The molecule has 0 saturated heterocycles. The van der Waals surface area contributed by atoms with Crippen molar-refractivity contribution in [2.75, 3.05) is 26.2 Å². The van der Waals surface area contributed by atoms with Crippen molar-refractivity contribution in [1.82, 2.24) is 9.80 Å². The molecule has 0 atom stereocenters. The van der Waals surface area contributed by atoms with Gasteiger partial charge in [0, 0.05) is 39.0 Å². The summed E-state index contributed by atoms with van der Waals surface area (Å²) in [6.07, 6.45) is 19.9. The molecule has 0 N–H and O–H groups in total. The van der Waals surface area contributed by atoms with Gasteiger partial charge < -0.3 is 9.80 Å². The van der Waals surface area contributed by atoms with Crippen molar-refractivity contribution >= 4 is 11.8 Å². The van der Waals surface area contributed by atoms with Gasteiger partial charge in [-0.1, -0.05) is 91.9 Å². The molecule has 190 valence electrons. The third-order valence-corrected chi connectivity index (χ3v) is 6.36. The second-order valence-corrected chi connectivity index (χ2v) is 9.50. The van der Waals surface area contributed by atoms with E-state index in [2.05, 4.69) is 37.5 Å². The highest BCUT2D eigenvalue weighted by Gasteiger charge is 2.13. The fourth-order valence-electron chi connectivity index (χ4n) is 4.05. The average Bonchev–Trinajstić information content (AvgIpc) is 2.80. The van der Waals surface area contributed by atoms with Gasteiger partial charge in [0.05, 0.1) is 0 Å². The third-order valence-electron chi connectivity index (χ3n) is 6.36. The molecule has 0 aliphatic carbocycles. The van der Waals surface area contributed by atoms with Gasteiger partial charge >= 0.3 is 0 Å². The van der Waals surface area contributed by atoms with Crippen molar-refractivity contribution in [2.24, 2.45) is 0 Å². The fourth-order valence-corrected chi connectivity index (χ4v) is 4.05. The maximum absolute atomic E-state index is 12.5. The largest absolute Gasteiger partial charge is 0.343 e. The van der Waals surface area contributed by atoms with Crippen LogP contribution in [0.4, 0.5) is 0 Å². The van der Waals surface area contributed by atoms with Crippen LogP contribution in [0.25, 0.3) is 0 Å². The van der Waals surface area contributed by atoms with E-state index in [9.17, 15) is 9.59 Å². The molecular formula is C28H56N2O2. The zero-order valence-electron chi connectivity index (χ0n) is 22.3. The van der Waals surface area contributed by atoms with E-state index in [4.69, 9.17) is 0 Å². The number of hydrogen-bond donors (Lipinski definition) is 0. The molecule has 32 heavy (non-hydrogen) atoms. The minimum absolute atomic E-state index is 0.364. The second-order valence-electron chi connectivity index (χ2n) is 9.50. The standard InChI is InChI=1S/C28H56N2O2/c1-5-9-23-29(24-10-6-2)27(31)21-19-17-15-13-14-16-18-20-22-28(32)30(25-11-7-3)26-12-8-4/h5-26H2,1-4H3. The van der Waals surface area contributed by atoms with Gasteiger partial charge in [0.15, 0.2) is 0 Å². The van der Waals surface area contributed by atoms with Crippen molar-refractivity contribution in [3.8, 4) is 0 Å². The van der Waals surface area contributed by atoms with Crippen molar-refractivity contribution in [2.45, 2.75) is 143 Å². The predicted octanol–water partition coefficient (Wildman–Crippen LogP) is 7.75. The molecule has 0 unspecified atom stereocenters. The Kier molecular flexibility index (Phi) is 22.3. The van der Waals surface area contributed by atoms with Crippen LogP contribution in [0.2, 0.25) is 0 Å². The number of carbonyl (C=O) groups is 2. The molecule has 0 aromatic carbocycles. The van der Waals surface area contributed by atoms with E-state index in [0.717, 1.165) is 103 Å². The first-order chi connectivity index (χ1) is 15.6. The van der Waals surface area contributed by atoms with E-state index in [1.54, 1.807) is 0 Å². The zero-order chi connectivity index (χ0) is 23.9. The molecule has 0 fully saturated rings. The summed E-state index contributed by atoms with van der Waals surface area (Å²) >= 11 is 0. The lowest BCUT2D eigenvalue weighted by Crippen LogP contribution is -2.32. The molecule has 0 bridgehead atoms. The van der Waals surface area contributed by atoms with Gasteiger partial charge in [-0.3, -0.25) is 9.59 Å². The number of nitrogens with zero attached hydrogens (tertiary/aromatic N) is 2. The minimum atomic E-state index is 0.364. The topological polar surface area (TPSA) is 40.6 Å². The summed E-state index contributed by atoms with van der Waals surface area (Å²) in [4.78, 5) is 29.1. The summed E-state index contributed by atoms with van der Waals surface area (Å²) in [5.74, 6) is 0.729. The SMILES string of the molecule is CCCCN(CCCC)C(=O)CCCCCCCCCCC(=O)N(CCCC)CCCC. The Balaban J connectivity index is 3.77. The Morgan fingerprint density at radius 3 is 0.906 bits per heavy atom. The van der Waals surface area contributed by atoms with E-state index in [0.29, 0.717) is 11.8 Å². The highest BCUT2D eigenvalue weighted by Crippen LogP contribution is 2.13. The van der Waals surface area contributed by atoms with Crippen LogP contribution in [0.3, 0.4) is 0 Å². The number of amides is 2. The van der Waals surface area contributed by atoms with Crippen LogP contribution in [0.5, 0.6) is 0 Å². The highest BCUT2D eigenvalue weighted by molar-refractivity contribution is 5.76. The van der Waals surface area contributed by atoms with E-state index >= 15 is 0 Å². The van der Waals surface area contributed by atoms with E-state index in [-0.39, 0.29) is 0 Å². The van der Waals surface area contributed by atoms with Crippen molar-refractivity contribution in [3.05, 3.63) is 0 Å². The molecule has 0 aromatic rings. The van der Waals surface area contributed by atoms with Gasteiger partial charge in [-0.2, -0.15) is 0 Å². The third kappa shape index (κ3) is 17.5. The van der Waals surface area contributed by atoms with Crippen LogP contribution < -0.4 is 0 Å². The lowest BCUT2D eigenvalue weighted by molar-refractivity contribution is -0.132. The monoisotopic (exact) mass is 452 g/mol. The zero-order valence-corrected chi connectivity index (χ0v) is 22.3. The van der Waals surface area contributed by atoms with Gasteiger partial charge in [0.1, 0.15) is 0 Å². The molecule has 2 amide bonds. The van der Waals surface area contributed by atoms with E-state index in [1.807, 2.05) is 0 Å². The van der Waals surface area contributed by atoms with Crippen LogP contribution in [0.15, 0.2) is 0 Å². The molecule has 0 radical (unpaired) electrons. The molecule has 0 rings (SSSR count). The van der Waals surface area contributed by atoms with Crippen LogP contribution >= 0.6 is 0 Å². The Morgan fingerprint density at radius 1 is 0.406 bits per heavy atom. The molecule has 0 aliphatic heterocycles. The van der Waals surface area contributed by atoms with Crippen molar-refractivity contribution in [3.63, 3.8) is 0 Å². The second kappa shape index (κ2) is 23.1. The van der Waals surface area contributed by atoms with Crippen LogP contribution in [0, 0.1) is 0 Å². The Labute approximate surface area is 200 Å². The van der Waals surface area contributed by atoms with Gasteiger partial charge in [0.2, 0.25) is 11.8 Å². The average molecular weight is 453 g/mol. The first kappa shape index (κ1) is 30.9. The summed E-state index contributed by atoms with van der Waals surface area (Å²) in [6, 6.07) is 0. The lowest BCUT2D eigenvalue weighted by atomic mass is 10.1. The molecule has 0 aliphatic rings. The lowest BCUT2D eigenvalue weighted by Gasteiger charge is -2.22. The molecule has 0 aromatic heterocycles. The van der Waals surface area contributed by atoms with Crippen LogP contribution in [-0.2, 0) is 9.59 Å². The van der Waals surface area contributed by atoms with Crippen LogP contribution in [0.1, 0.15) is 143 Å². The first-order valence-corrected chi connectivity index (χ1v) is 14.2. The normalized spacial score (nSPS) is 11.0. The van der Waals surface area contributed by atoms with Gasteiger partial charge in [0.25, 0.3) is 0 Å². The van der Waals surface area contributed by atoms with E-state index in [1.165, 1.54) is 38.5 Å². The van der Waals surface area contributed by atoms with Gasteiger partial charge in [-0.25, -0.2) is 0 Å². The summed E-state index contributed by atoms with van der Waals surface area (Å²) in [5.41, 5.74) is 0. The Bertz CT molecular complexity index is 383. The molecule has 0 heterocycles. The summed E-state index contributed by atoms with van der Waals surface area (Å²) in [5, 5.41) is 0. The fraction of sp³-hybridized carbons (Fsp3) is 0.929. The molecule has 0 spiro atoms. The summed E-state index contributed by atoms with van der Waals surface area (Å²) < 4.78 is 0. The van der Waals surface area contributed by atoms with Crippen molar-refractivity contribution in [1.29, 1.82) is 0 Å². The maximum Gasteiger partial charge on any atom is 0.222 e. The van der Waals surface area contributed by atoms with Gasteiger partial charge in [-0.05, 0) is 38.5 Å². The summed E-state index contributed by atoms with van der Waals surface area (Å²) in [7, 11) is 0. The highest BCUT2D eigenvalue weighted by atomic mass is 16.2. The molecular weight excluding hydrogens is 396 g/mol. The molecule has 4 heteroatoms.